The van der Waals surface area contributed by atoms with Crippen molar-refractivity contribution >= 4 is 17.6 Å². The van der Waals surface area contributed by atoms with Crippen LogP contribution >= 0.6 is 11.8 Å². The van der Waals surface area contributed by atoms with Crippen LogP contribution in [0, 0.1) is 26.2 Å². The smallest absolute Gasteiger partial charge is 0.194 e. The summed E-state index contributed by atoms with van der Waals surface area (Å²) >= 11 is 1.34. The molecule has 0 amide bonds. The van der Waals surface area contributed by atoms with E-state index in [1.165, 1.54) is 18.0 Å². The van der Waals surface area contributed by atoms with Gasteiger partial charge >= 0.3 is 0 Å². The molecule has 0 unspecified atom stereocenters. The summed E-state index contributed by atoms with van der Waals surface area (Å²) in [5, 5.41) is 8.57. The van der Waals surface area contributed by atoms with E-state index < -0.39 is 0 Å². The van der Waals surface area contributed by atoms with Gasteiger partial charge in [-0.1, -0.05) is 0 Å². The summed E-state index contributed by atoms with van der Waals surface area (Å²) in [4.78, 5) is 17.0. The highest BCUT2D eigenvalue weighted by molar-refractivity contribution is 7.99. The molecule has 0 aliphatic rings. The Morgan fingerprint density at radius 3 is 2.21 bits per heavy atom. The molecule has 3 N–H and O–H groups in total. The summed E-state index contributed by atoms with van der Waals surface area (Å²) in [5.41, 5.74) is 8.71. The van der Waals surface area contributed by atoms with Crippen molar-refractivity contribution < 1.29 is 0 Å². The molecule has 98 valence electrons. The Labute approximate surface area is 115 Å². The van der Waals surface area contributed by atoms with Gasteiger partial charge in [-0.15, -0.1) is 0 Å². The maximum Gasteiger partial charge on any atom is 0.194 e. The van der Waals surface area contributed by atoms with Crippen LogP contribution in [0.1, 0.15) is 22.6 Å². The molecule has 6 nitrogen and oxygen atoms in total. The molecule has 0 fully saturated rings. The van der Waals surface area contributed by atoms with Crippen molar-refractivity contribution in [2.24, 2.45) is 5.73 Å². The molecule has 2 aromatic heterocycles. The third-order valence-electron chi connectivity index (χ3n) is 2.71. The van der Waals surface area contributed by atoms with Gasteiger partial charge in [0.2, 0.25) is 0 Å². The molecule has 0 saturated carbocycles. The normalized spacial score (nSPS) is 10.5. The SMILES string of the molecule is Cc1nc(Sc2cnc(C(=N)N)cn2)nc(C)c1C. The van der Waals surface area contributed by atoms with E-state index in [0.717, 1.165) is 17.0 Å². The number of nitrogen functional groups attached to an aromatic ring is 1. The van der Waals surface area contributed by atoms with Crippen molar-refractivity contribution in [2.75, 3.05) is 0 Å². The predicted octanol–water partition coefficient (Wildman–Crippen LogP) is 1.63. The van der Waals surface area contributed by atoms with Gasteiger partial charge in [0.25, 0.3) is 0 Å². The Balaban J connectivity index is 2.24. The molecule has 0 atom stereocenters. The molecule has 2 heterocycles. The van der Waals surface area contributed by atoms with Crippen molar-refractivity contribution in [3.8, 4) is 0 Å². The van der Waals surface area contributed by atoms with Crippen LogP contribution in [0.25, 0.3) is 0 Å². The summed E-state index contributed by atoms with van der Waals surface area (Å²) in [6.07, 6.45) is 3.04. The van der Waals surface area contributed by atoms with E-state index >= 15 is 0 Å². The van der Waals surface area contributed by atoms with Gasteiger partial charge in [-0.2, -0.15) is 0 Å². The molecule has 2 rings (SSSR count). The molecule has 0 spiro atoms. The minimum Gasteiger partial charge on any atom is -0.382 e. The zero-order valence-electron chi connectivity index (χ0n) is 10.9. The van der Waals surface area contributed by atoms with Gasteiger partial charge in [0.1, 0.15) is 16.6 Å². The minimum absolute atomic E-state index is 0.0951. The van der Waals surface area contributed by atoms with Crippen LogP contribution in [0.5, 0.6) is 0 Å². The van der Waals surface area contributed by atoms with Crippen LogP contribution in [0.4, 0.5) is 0 Å². The van der Waals surface area contributed by atoms with Gasteiger partial charge in [-0.3, -0.25) is 5.41 Å². The van der Waals surface area contributed by atoms with Crippen LogP contribution in [0.15, 0.2) is 22.6 Å². The number of hydrogen-bond acceptors (Lipinski definition) is 6. The van der Waals surface area contributed by atoms with Crippen molar-refractivity contribution in [1.29, 1.82) is 5.41 Å². The molecule has 0 bridgehead atoms. The second kappa shape index (κ2) is 5.31. The number of nitrogens with two attached hydrogens (primary N) is 1. The molecule has 0 aromatic carbocycles. The van der Waals surface area contributed by atoms with Crippen LogP contribution in [0.3, 0.4) is 0 Å². The van der Waals surface area contributed by atoms with E-state index in [1.807, 2.05) is 20.8 Å². The van der Waals surface area contributed by atoms with Gasteiger partial charge in [-0.25, -0.2) is 19.9 Å². The summed E-state index contributed by atoms with van der Waals surface area (Å²) in [6.45, 7) is 5.91. The van der Waals surface area contributed by atoms with E-state index in [4.69, 9.17) is 11.1 Å². The summed E-state index contributed by atoms with van der Waals surface area (Å²) in [7, 11) is 0. The van der Waals surface area contributed by atoms with Gasteiger partial charge in [-0.05, 0) is 38.1 Å². The van der Waals surface area contributed by atoms with Crippen molar-refractivity contribution in [1.82, 2.24) is 19.9 Å². The lowest BCUT2D eigenvalue weighted by atomic mass is 10.2. The van der Waals surface area contributed by atoms with E-state index in [-0.39, 0.29) is 5.84 Å². The molecule has 19 heavy (non-hydrogen) atoms. The molecule has 0 radical (unpaired) electrons. The molecule has 7 heteroatoms. The van der Waals surface area contributed by atoms with Crippen LogP contribution in [-0.2, 0) is 0 Å². The highest BCUT2D eigenvalue weighted by Crippen LogP contribution is 2.23. The Kier molecular flexibility index (Phi) is 3.75. The molecule has 0 aliphatic heterocycles. The third-order valence-corrected chi connectivity index (χ3v) is 3.50. The highest BCUT2D eigenvalue weighted by Gasteiger charge is 2.08. The fourth-order valence-corrected chi connectivity index (χ4v) is 2.15. The number of hydrogen-bond donors (Lipinski definition) is 2. The largest absolute Gasteiger partial charge is 0.382 e. The lowest BCUT2D eigenvalue weighted by Gasteiger charge is -2.06. The summed E-state index contributed by atoms with van der Waals surface area (Å²) < 4.78 is 0. The number of nitrogens with zero attached hydrogens (tertiary/aromatic N) is 4. The summed E-state index contributed by atoms with van der Waals surface area (Å²) in [5.74, 6) is -0.0951. The highest BCUT2D eigenvalue weighted by atomic mass is 32.2. The predicted molar refractivity (Wildman–Crippen MR) is 73.4 cm³/mol. The number of amidine groups is 1. The maximum absolute atomic E-state index is 7.25. The van der Waals surface area contributed by atoms with E-state index in [9.17, 15) is 0 Å². The Bertz CT molecular complexity index is 600. The van der Waals surface area contributed by atoms with Gasteiger partial charge in [0, 0.05) is 11.4 Å². The second-order valence-electron chi connectivity index (χ2n) is 4.06. The lowest BCUT2D eigenvalue weighted by molar-refractivity contribution is 0.876. The van der Waals surface area contributed by atoms with Crippen molar-refractivity contribution in [3.63, 3.8) is 0 Å². The first-order chi connectivity index (χ1) is 8.97. The van der Waals surface area contributed by atoms with Crippen molar-refractivity contribution in [3.05, 3.63) is 35.0 Å². The quantitative estimate of drug-likeness (QED) is 0.501. The first-order valence-electron chi connectivity index (χ1n) is 5.63. The van der Waals surface area contributed by atoms with Crippen LogP contribution in [-0.4, -0.2) is 25.8 Å². The van der Waals surface area contributed by atoms with Crippen molar-refractivity contribution in [2.45, 2.75) is 31.0 Å². The monoisotopic (exact) mass is 274 g/mol. The van der Waals surface area contributed by atoms with E-state index in [0.29, 0.717) is 15.9 Å². The lowest BCUT2D eigenvalue weighted by Crippen LogP contribution is -2.13. The maximum atomic E-state index is 7.25. The first-order valence-corrected chi connectivity index (χ1v) is 6.45. The molecule has 0 saturated heterocycles. The Hall–Kier alpha value is -2.02. The van der Waals surface area contributed by atoms with Gasteiger partial charge in [0.05, 0.1) is 12.4 Å². The zero-order chi connectivity index (χ0) is 14.0. The van der Waals surface area contributed by atoms with Gasteiger partial charge < -0.3 is 5.73 Å². The molecular weight excluding hydrogens is 260 g/mol. The first kappa shape index (κ1) is 13.4. The Morgan fingerprint density at radius 2 is 1.74 bits per heavy atom. The number of aryl methyl sites for hydroxylation is 2. The topological polar surface area (TPSA) is 101 Å². The fourth-order valence-electron chi connectivity index (χ4n) is 1.39. The second-order valence-corrected chi connectivity index (χ2v) is 5.05. The van der Waals surface area contributed by atoms with Crippen LogP contribution < -0.4 is 5.73 Å². The van der Waals surface area contributed by atoms with E-state index in [1.54, 1.807) is 6.20 Å². The third kappa shape index (κ3) is 3.05. The number of rotatable bonds is 3. The van der Waals surface area contributed by atoms with E-state index in [2.05, 4.69) is 19.9 Å². The standard InChI is InChI=1S/C12H14N6S/c1-6-7(2)17-12(18-8(6)3)19-10-5-15-9(4-16-10)11(13)14/h4-5H,1-3H3,(H3,13,14). The molecule has 2 aromatic rings. The molecular formula is C12H14N6S. The van der Waals surface area contributed by atoms with Crippen LogP contribution in [0.2, 0.25) is 0 Å². The number of aromatic nitrogens is 4. The average Bonchev–Trinajstić information content (AvgIpc) is 2.36. The fraction of sp³-hybridized carbons (Fsp3) is 0.250. The summed E-state index contributed by atoms with van der Waals surface area (Å²) in [6, 6.07) is 0. The molecule has 0 aliphatic carbocycles. The Morgan fingerprint density at radius 1 is 1.11 bits per heavy atom. The number of nitrogens with one attached hydrogen (secondary N) is 1. The van der Waals surface area contributed by atoms with Gasteiger partial charge in [0.15, 0.2) is 5.16 Å². The zero-order valence-corrected chi connectivity index (χ0v) is 11.7. The average molecular weight is 274 g/mol. The minimum atomic E-state index is -0.0951.